The number of aromatic nitrogens is 4. The van der Waals surface area contributed by atoms with Gasteiger partial charge in [-0.25, -0.2) is 14.3 Å². The number of carbonyl (C=O) groups excluding carboxylic acids is 1. The van der Waals surface area contributed by atoms with Crippen LogP contribution in [0.5, 0.6) is 5.75 Å². The number of alkyl halides is 3. The number of para-hydroxylation sites is 1. The molecular formula is C20H15F3N6O2. The van der Waals surface area contributed by atoms with Crippen molar-refractivity contribution in [2.24, 2.45) is 0 Å². The van der Waals surface area contributed by atoms with Gasteiger partial charge in [-0.1, -0.05) is 12.1 Å². The van der Waals surface area contributed by atoms with Gasteiger partial charge >= 0.3 is 12.4 Å². The van der Waals surface area contributed by atoms with Crippen LogP contribution >= 0.6 is 0 Å². The van der Waals surface area contributed by atoms with E-state index in [1.54, 1.807) is 42.7 Å². The molecule has 4 rings (SSSR count). The van der Waals surface area contributed by atoms with Gasteiger partial charge in [0.05, 0.1) is 17.4 Å². The quantitative estimate of drug-likeness (QED) is 0.501. The Kier molecular flexibility index (Phi) is 5.39. The summed E-state index contributed by atoms with van der Waals surface area (Å²) < 4.78 is 43.4. The molecule has 11 heteroatoms. The molecule has 158 valence electrons. The molecule has 0 aliphatic rings. The number of ether oxygens (including phenoxy) is 1. The zero-order valence-corrected chi connectivity index (χ0v) is 15.8. The average Bonchev–Trinajstić information content (AvgIpc) is 3.15. The maximum absolute atomic E-state index is 12.7. The number of nitrogens with zero attached hydrogens (tertiary/aromatic N) is 4. The normalized spacial score (nSPS) is 11.3. The molecule has 8 nitrogen and oxygen atoms in total. The number of halogens is 3. The molecule has 3 aromatic heterocycles. The molecule has 0 saturated heterocycles. The Bertz CT molecular complexity index is 1210. The molecule has 3 heterocycles. The fourth-order valence-corrected chi connectivity index (χ4v) is 2.79. The summed E-state index contributed by atoms with van der Waals surface area (Å²) >= 11 is 0. The highest BCUT2D eigenvalue weighted by Crippen LogP contribution is 2.32. The first kappa shape index (κ1) is 20.1. The third-order valence-corrected chi connectivity index (χ3v) is 4.14. The van der Waals surface area contributed by atoms with Gasteiger partial charge < -0.3 is 15.4 Å². The summed E-state index contributed by atoms with van der Waals surface area (Å²) in [6.45, 7) is 0.320. The van der Waals surface area contributed by atoms with Crippen LogP contribution in [0.4, 0.5) is 23.7 Å². The van der Waals surface area contributed by atoms with Crippen LogP contribution in [0.1, 0.15) is 5.56 Å². The number of fused-ring (bicyclic) bond motifs is 1. The summed E-state index contributed by atoms with van der Waals surface area (Å²) in [6.07, 6.45) is -0.0762. The second-order valence-electron chi connectivity index (χ2n) is 6.36. The van der Waals surface area contributed by atoms with Crippen LogP contribution in [0.3, 0.4) is 0 Å². The van der Waals surface area contributed by atoms with Crippen molar-refractivity contribution in [3.8, 4) is 17.1 Å². The van der Waals surface area contributed by atoms with Crippen molar-refractivity contribution in [1.29, 1.82) is 0 Å². The van der Waals surface area contributed by atoms with Crippen LogP contribution in [-0.4, -0.2) is 32.0 Å². The van der Waals surface area contributed by atoms with Gasteiger partial charge in [-0.15, -0.1) is 18.3 Å². The zero-order valence-electron chi connectivity index (χ0n) is 15.8. The van der Waals surface area contributed by atoms with Crippen LogP contribution in [0.25, 0.3) is 17.0 Å². The minimum atomic E-state index is -4.84. The Hall–Kier alpha value is -4.15. The van der Waals surface area contributed by atoms with Crippen LogP contribution in [0.15, 0.2) is 67.1 Å². The lowest BCUT2D eigenvalue weighted by Gasteiger charge is -2.11. The molecule has 0 unspecified atom stereocenters. The van der Waals surface area contributed by atoms with Gasteiger partial charge in [0.25, 0.3) is 0 Å². The third kappa shape index (κ3) is 5.07. The smallest absolute Gasteiger partial charge is 0.405 e. The lowest BCUT2D eigenvalue weighted by molar-refractivity contribution is -0.274. The van der Waals surface area contributed by atoms with E-state index in [4.69, 9.17) is 0 Å². The first-order chi connectivity index (χ1) is 14.9. The number of anilines is 1. The number of amides is 2. The highest BCUT2D eigenvalue weighted by Gasteiger charge is 2.32. The molecule has 0 aliphatic carbocycles. The SMILES string of the molecule is O=C(NCc1ccncc1)Nc1ccc2nc(-c3ccccc3OC(F)(F)F)nn2c1. The maximum Gasteiger partial charge on any atom is 0.573 e. The topological polar surface area (TPSA) is 93.4 Å². The van der Waals surface area contributed by atoms with Gasteiger partial charge in [0.2, 0.25) is 0 Å². The maximum atomic E-state index is 12.7. The molecule has 0 bridgehead atoms. The number of benzene rings is 1. The van der Waals surface area contributed by atoms with E-state index in [-0.39, 0.29) is 11.4 Å². The summed E-state index contributed by atoms with van der Waals surface area (Å²) in [5, 5.41) is 9.59. The second kappa shape index (κ2) is 8.30. The molecule has 1 aromatic carbocycles. The minimum absolute atomic E-state index is 0.0548. The molecule has 0 radical (unpaired) electrons. The zero-order chi connectivity index (χ0) is 21.8. The summed E-state index contributed by atoms with van der Waals surface area (Å²) in [5.74, 6) is -0.348. The number of hydrogen-bond donors (Lipinski definition) is 2. The fraction of sp³-hybridized carbons (Fsp3) is 0.100. The third-order valence-electron chi connectivity index (χ3n) is 4.14. The van der Waals surface area contributed by atoms with Crippen molar-refractivity contribution < 1.29 is 22.7 Å². The van der Waals surface area contributed by atoms with Gasteiger partial charge in [0.15, 0.2) is 11.5 Å². The lowest BCUT2D eigenvalue weighted by Crippen LogP contribution is -2.28. The Morgan fingerprint density at radius 3 is 2.61 bits per heavy atom. The van der Waals surface area contributed by atoms with Crippen molar-refractivity contribution in [3.63, 3.8) is 0 Å². The second-order valence-corrected chi connectivity index (χ2v) is 6.36. The van der Waals surface area contributed by atoms with Crippen molar-refractivity contribution in [3.05, 3.63) is 72.7 Å². The number of hydrogen-bond acceptors (Lipinski definition) is 5. The van der Waals surface area contributed by atoms with E-state index in [1.807, 2.05) is 0 Å². The van der Waals surface area contributed by atoms with Gasteiger partial charge in [0, 0.05) is 18.9 Å². The fourth-order valence-electron chi connectivity index (χ4n) is 2.79. The highest BCUT2D eigenvalue weighted by atomic mass is 19.4. The molecule has 0 saturated carbocycles. The van der Waals surface area contributed by atoms with E-state index >= 15 is 0 Å². The number of nitrogens with one attached hydrogen (secondary N) is 2. The van der Waals surface area contributed by atoms with Crippen LogP contribution in [0.2, 0.25) is 0 Å². The summed E-state index contributed by atoms with van der Waals surface area (Å²) in [7, 11) is 0. The van der Waals surface area contributed by atoms with E-state index < -0.39 is 18.1 Å². The van der Waals surface area contributed by atoms with Gasteiger partial charge in [-0.3, -0.25) is 4.98 Å². The first-order valence-corrected chi connectivity index (χ1v) is 9.03. The van der Waals surface area contributed by atoms with Crippen LogP contribution < -0.4 is 15.4 Å². The number of urea groups is 1. The molecule has 31 heavy (non-hydrogen) atoms. The first-order valence-electron chi connectivity index (χ1n) is 9.03. The molecule has 0 atom stereocenters. The van der Waals surface area contributed by atoms with Gasteiger partial charge in [-0.05, 0) is 42.0 Å². The average molecular weight is 428 g/mol. The van der Waals surface area contributed by atoms with Crippen molar-refractivity contribution in [2.45, 2.75) is 12.9 Å². The van der Waals surface area contributed by atoms with Crippen LogP contribution in [-0.2, 0) is 6.54 Å². The standard InChI is InChI=1S/C20H15F3N6O2/c21-20(22,23)31-16-4-2-1-3-15(16)18-27-17-6-5-14(12-29(17)28-18)26-19(30)25-11-13-7-9-24-10-8-13/h1-10,12H,11H2,(H2,25,26,30). The Morgan fingerprint density at radius 2 is 1.84 bits per heavy atom. The predicted molar refractivity (Wildman–Crippen MR) is 105 cm³/mol. The summed E-state index contributed by atoms with van der Waals surface area (Å²) in [4.78, 5) is 20.3. The Balaban J connectivity index is 1.51. The molecule has 0 aliphatic heterocycles. The Morgan fingerprint density at radius 1 is 1.06 bits per heavy atom. The Labute approximate surface area is 173 Å². The number of rotatable bonds is 5. The molecular weight excluding hydrogens is 413 g/mol. The molecule has 2 amide bonds. The molecule has 2 N–H and O–H groups in total. The van der Waals surface area contributed by atoms with Crippen molar-refractivity contribution >= 4 is 17.4 Å². The van der Waals surface area contributed by atoms with E-state index in [0.717, 1.165) is 5.56 Å². The molecule has 0 fully saturated rings. The number of pyridine rings is 2. The van der Waals surface area contributed by atoms with E-state index in [1.165, 1.54) is 28.9 Å². The molecule has 4 aromatic rings. The van der Waals surface area contributed by atoms with E-state index in [2.05, 4.69) is 30.4 Å². The number of carbonyl (C=O) groups is 1. The van der Waals surface area contributed by atoms with E-state index in [0.29, 0.717) is 17.9 Å². The summed E-state index contributed by atoms with van der Waals surface area (Å²) in [5.41, 5.74) is 1.80. The lowest BCUT2D eigenvalue weighted by atomic mass is 10.2. The minimum Gasteiger partial charge on any atom is -0.405 e. The van der Waals surface area contributed by atoms with Crippen molar-refractivity contribution in [1.82, 2.24) is 24.9 Å². The largest absolute Gasteiger partial charge is 0.573 e. The van der Waals surface area contributed by atoms with Gasteiger partial charge in [-0.2, -0.15) is 0 Å². The predicted octanol–water partition coefficient (Wildman–Crippen LogP) is 4.01. The monoisotopic (exact) mass is 428 g/mol. The summed E-state index contributed by atoms with van der Waals surface area (Å²) in [6, 6.07) is 11.9. The van der Waals surface area contributed by atoms with Crippen molar-refractivity contribution in [2.75, 3.05) is 5.32 Å². The highest BCUT2D eigenvalue weighted by molar-refractivity contribution is 5.89. The van der Waals surface area contributed by atoms with Crippen LogP contribution in [0, 0.1) is 0 Å². The molecule has 0 spiro atoms. The van der Waals surface area contributed by atoms with E-state index in [9.17, 15) is 18.0 Å². The van der Waals surface area contributed by atoms with Gasteiger partial charge in [0.1, 0.15) is 5.75 Å².